The van der Waals surface area contributed by atoms with Crippen molar-refractivity contribution in [1.29, 1.82) is 0 Å². The summed E-state index contributed by atoms with van der Waals surface area (Å²) in [5.41, 5.74) is 3.33. The maximum Gasteiger partial charge on any atom is 0.270 e. The number of aromatic amines is 1. The highest BCUT2D eigenvalue weighted by molar-refractivity contribution is 6.06. The molecule has 2 aromatic heterocycles. The molecule has 8 heteroatoms. The van der Waals surface area contributed by atoms with Gasteiger partial charge in [-0.05, 0) is 18.6 Å². The van der Waals surface area contributed by atoms with Gasteiger partial charge in [0.05, 0.1) is 16.8 Å². The van der Waals surface area contributed by atoms with Gasteiger partial charge in [0.15, 0.2) is 5.65 Å². The van der Waals surface area contributed by atoms with Crippen molar-refractivity contribution in [3.8, 4) is 11.4 Å². The summed E-state index contributed by atoms with van der Waals surface area (Å²) < 4.78 is 0. The van der Waals surface area contributed by atoms with Crippen molar-refractivity contribution < 1.29 is 9.72 Å². The summed E-state index contributed by atoms with van der Waals surface area (Å²) in [5, 5.41) is 13.7. The number of nitrogens with one attached hydrogen (secondary N) is 2. The Morgan fingerprint density at radius 3 is 2.68 bits per heavy atom. The van der Waals surface area contributed by atoms with Gasteiger partial charge in [0.25, 0.3) is 11.6 Å². The van der Waals surface area contributed by atoms with E-state index in [1.165, 1.54) is 18.3 Å². The van der Waals surface area contributed by atoms with Gasteiger partial charge >= 0.3 is 0 Å². The maximum absolute atomic E-state index is 12.6. The van der Waals surface area contributed by atoms with Crippen molar-refractivity contribution in [2.24, 2.45) is 0 Å². The number of carbonyl (C=O) groups excluding carboxylic acids is 1. The molecule has 2 aromatic carbocycles. The van der Waals surface area contributed by atoms with Crippen LogP contribution in [0.3, 0.4) is 0 Å². The Kier molecular flexibility index (Phi) is 4.29. The number of hydrogen-bond acceptors (Lipinski definition) is 5. The van der Waals surface area contributed by atoms with Gasteiger partial charge in [0.1, 0.15) is 11.3 Å². The summed E-state index contributed by atoms with van der Waals surface area (Å²) in [4.78, 5) is 35.0. The van der Waals surface area contributed by atoms with Crippen molar-refractivity contribution in [1.82, 2.24) is 15.0 Å². The number of H-pyrrole nitrogens is 1. The van der Waals surface area contributed by atoms with Crippen LogP contribution in [0, 0.1) is 17.0 Å². The number of nitro benzene ring substituents is 1. The molecule has 0 bridgehead atoms. The molecule has 2 heterocycles. The zero-order valence-corrected chi connectivity index (χ0v) is 14.8. The third-order valence-electron chi connectivity index (χ3n) is 4.32. The first-order chi connectivity index (χ1) is 13.5. The predicted molar refractivity (Wildman–Crippen MR) is 105 cm³/mol. The van der Waals surface area contributed by atoms with Crippen molar-refractivity contribution >= 4 is 28.4 Å². The zero-order valence-electron chi connectivity index (χ0n) is 14.8. The molecular formula is C20H15N5O3. The maximum atomic E-state index is 12.6. The minimum atomic E-state index is -0.529. The number of anilines is 1. The molecule has 0 aliphatic heterocycles. The highest BCUT2D eigenvalue weighted by Gasteiger charge is 2.15. The lowest BCUT2D eigenvalue weighted by atomic mass is 10.1. The number of rotatable bonds is 4. The molecule has 4 rings (SSSR count). The van der Waals surface area contributed by atoms with Crippen molar-refractivity contribution in [3.63, 3.8) is 0 Å². The normalized spacial score (nSPS) is 10.8. The van der Waals surface area contributed by atoms with Crippen LogP contribution < -0.4 is 5.32 Å². The number of pyridine rings is 1. The van der Waals surface area contributed by atoms with Crippen LogP contribution in [-0.4, -0.2) is 25.8 Å². The minimum Gasteiger partial charge on any atom is -0.323 e. The van der Waals surface area contributed by atoms with Crippen LogP contribution >= 0.6 is 0 Å². The topological polar surface area (TPSA) is 114 Å². The fourth-order valence-corrected chi connectivity index (χ4v) is 2.86. The third-order valence-corrected chi connectivity index (χ3v) is 4.32. The van der Waals surface area contributed by atoms with E-state index in [0.717, 1.165) is 5.56 Å². The number of non-ortho nitro benzene ring substituents is 1. The molecular weight excluding hydrogens is 358 g/mol. The molecule has 0 saturated heterocycles. The van der Waals surface area contributed by atoms with Crippen LogP contribution in [0.1, 0.15) is 15.9 Å². The SMILES string of the molecule is Cc1ccc([N+](=O)[O-])cc1C(=O)Nc1cnc2[nH]c(-c3ccccc3)nc2c1. The Labute approximate surface area is 159 Å². The molecule has 0 fully saturated rings. The predicted octanol–water partition coefficient (Wildman–Crippen LogP) is 4.09. The second-order valence-corrected chi connectivity index (χ2v) is 6.25. The number of aromatic nitrogens is 3. The number of nitro groups is 1. The quantitative estimate of drug-likeness (QED) is 0.413. The molecule has 0 unspecified atom stereocenters. The van der Waals surface area contributed by atoms with E-state index in [9.17, 15) is 14.9 Å². The Morgan fingerprint density at radius 1 is 1.14 bits per heavy atom. The Balaban J connectivity index is 1.62. The first kappa shape index (κ1) is 17.3. The number of amides is 1. The van der Waals surface area contributed by atoms with E-state index < -0.39 is 10.8 Å². The molecule has 0 radical (unpaired) electrons. The average molecular weight is 373 g/mol. The number of carbonyl (C=O) groups is 1. The van der Waals surface area contributed by atoms with Crippen molar-refractivity contribution in [2.45, 2.75) is 6.92 Å². The van der Waals surface area contributed by atoms with Gasteiger partial charge < -0.3 is 10.3 Å². The summed E-state index contributed by atoms with van der Waals surface area (Å²) >= 11 is 0. The molecule has 0 saturated carbocycles. The lowest BCUT2D eigenvalue weighted by Crippen LogP contribution is -2.14. The molecule has 28 heavy (non-hydrogen) atoms. The number of benzene rings is 2. The number of imidazole rings is 1. The van der Waals surface area contributed by atoms with E-state index >= 15 is 0 Å². The third kappa shape index (κ3) is 3.30. The summed E-state index contributed by atoms with van der Waals surface area (Å²) in [7, 11) is 0. The van der Waals surface area contributed by atoms with E-state index in [0.29, 0.717) is 28.2 Å². The Bertz CT molecular complexity index is 1200. The summed E-state index contributed by atoms with van der Waals surface area (Å²) in [6.07, 6.45) is 1.51. The fraction of sp³-hybridized carbons (Fsp3) is 0.0500. The molecule has 0 aliphatic rings. The number of nitrogens with zero attached hydrogens (tertiary/aromatic N) is 3. The molecule has 138 valence electrons. The minimum absolute atomic E-state index is 0.135. The number of hydrogen-bond donors (Lipinski definition) is 2. The van der Waals surface area contributed by atoms with Gasteiger partial charge in [-0.1, -0.05) is 36.4 Å². The Morgan fingerprint density at radius 2 is 1.93 bits per heavy atom. The summed E-state index contributed by atoms with van der Waals surface area (Å²) in [6.45, 7) is 1.72. The smallest absolute Gasteiger partial charge is 0.270 e. The molecule has 0 spiro atoms. The monoisotopic (exact) mass is 373 g/mol. The average Bonchev–Trinajstić information content (AvgIpc) is 3.12. The van der Waals surface area contributed by atoms with E-state index in [4.69, 9.17) is 0 Å². The van der Waals surface area contributed by atoms with Crippen LogP contribution in [0.4, 0.5) is 11.4 Å². The first-order valence-corrected chi connectivity index (χ1v) is 8.49. The molecule has 2 N–H and O–H groups in total. The number of aryl methyl sites for hydroxylation is 1. The van der Waals surface area contributed by atoms with E-state index in [2.05, 4.69) is 20.3 Å². The first-order valence-electron chi connectivity index (χ1n) is 8.49. The second-order valence-electron chi connectivity index (χ2n) is 6.25. The van der Waals surface area contributed by atoms with Crippen molar-refractivity contribution in [2.75, 3.05) is 5.32 Å². The van der Waals surface area contributed by atoms with Gasteiger partial charge in [-0.25, -0.2) is 9.97 Å². The number of fused-ring (bicyclic) bond motifs is 1. The zero-order chi connectivity index (χ0) is 19.7. The molecule has 8 nitrogen and oxygen atoms in total. The van der Waals surface area contributed by atoms with Gasteiger partial charge in [-0.3, -0.25) is 14.9 Å². The van der Waals surface area contributed by atoms with Gasteiger partial charge in [0.2, 0.25) is 0 Å². The van der Waals surface area contributed by atoms with E-state index in [1.807, 2.05) is 30.3 Å². The van der Waals surface area contributed by atoms with Crippen LogP contribution in [0.25, 0.3) is 22.6 Å². The second kappa shape index (κ2) is 6.92. The van der Waals surface area contributed by atoms with Crippen LogP contribution in [0.5, 0.6) is 0 Å². The summed E-state index contributed by atoms with van der Waals surface area (Å²) in [6, 6.07) is 15.5. The van der Waals surface area contributed by atoms with Crippen LogP contribution in [0.2, 0.25) is 0 Å². The van der Waals surface area contributed by atoms with Crippen molar-refractivity contribution in [3.05, 3.63) is 82.0 Å². The van der Waals surface area contributed by atoms with E-state index in [-0.39, 0.29) is 11.3 Å². The lowest BCUT2D eigenvalue weighted by molar-refractivity contribution is -0.384. The summed E-state index contributed by atoms with van der Waals surface area (Å²) in [5.74, 6) is 0.238. The fourth-order valence-electron chi connectivity index (χ4n) is 2.86. The Hall–Kier alpha value is -4.07. The van der Waals surface area contributed by atoms with E-state index in [1.54, 1.807) is 19.1 Å². The van der Waals surface area contributed by atoms with Crippen LogP contribution in [0.15, 0.2) is 60.8 Å². The van der Waals surface area contributed by atoms with Gasteiger partial charge in [0, 0.05) is 23.3 Å². The highest BCUT2D eigenvalue weighted by Crippen LogP contribution is 2.22. The largest absolute Gasteiger partial charge is 0.323 e. The highest BCUT2D eigenvalue weighted by atomic mass is 16.6. The van der Waals surface area contributed by atoms with Gasteiger partial charge in [-0.2, -0.15) is 0 Å². The standard InChI is InChI=1S/C20H15N5O3/c1-12-7-8-15(25(27)28)10-16(12)20(26)22-14-9-17-19(21-11-14)24-18(23-17)13-5-3-2-4-6-13/h2-11H,1H3,(H,22,26)(H,21,23,24). The lowest BCUT2D eigenvalue weighted by Gasteiger charge is -2.07. The molecule has 0 atom stereocenters. The molecule has 1 amide bonds. The molecule has 4 aromatic rings. The van der Waals surface area contributed by atoms with Gasteiger partial charge in [-0.15, -0.1) is 0 Å². The van der Waals surface area contributed by atoms with Crippen LogP contribution in [-0.2, 0) is 0 Å². The molecule has 0 aliphatic carbocycles.